The Morgan fingerprint density at radius 3 is 2.53 bits per heavy atom. The Kier molecular flexibility index (Phi) is 5.52. The number of hydrogen-bond acceptors (Lipinski definition) is 5. The minimum Gasteiger partial charge on any atom is -0.370 e. The monoisotopic (exact) mass is 237 g/mol. The van der Waals surface area contributed by atoms with E-state index >= 15 is 0 Å². The number of hydrogen-bond donors (Lipinski definition) is 3. The summed E-state index contributed by atoms with van der Waals surface area (Å²) in [7, 11) is 0. The third-order valence-electron chi connectivity index (χ3n) is 2.58. The SMILES string of the molecule is CCCC(CC)Nc1cc(NCC)nc(N)n1. The zero-order valence-corrected chi connectivity index (χ0v) is 11.0. The topological polar surface area (TPSA) is 75.9 Å². The van der Waals surface area contributed by atoms with Crippen molar-refractivity contribution in [3.8, 4) is 0 Å². The number of aromatic nitrogens is 2. The third kappa shape index (κ3) is 4.46. The van der Waals surface area contributed by atoms with Crippen LogP contribution in [-0.4, -0.2) is 22.6 Å². The summed E-state index contributed by atoms with van der Waals surface area (Å²) in [6, 6.07) is 2.35. The van der Waals surface area contributed by atoms with E-state index in [9.17, 15) is 0 Å². The maximum Gasteiger partial charge on any atom is 0.223 e. The zero-order valence-electron chi connectivity index (χ0n) is 11.0. The predicted octanol–water partition coefficient (Wildman–Crippen LogP) is 2.48. The van der Waals surface area contributed by atoms with Crippen molar-refractivity contribution in [3.63, 3.8) is 0 Å². The van der Waals surface area contributed by atoms with Gasteiger partial charge in [-0.05, 0) is 19.8 Å². The number of nitrogens with one attached hydrogen (secondary N) is 2. The van der Waals surface area contributed by atoms with E-state index in [0.717, 1.165) is 37.4 Å². The lowest BCUT2D eigenvalue weighted by molar-refractivity contribution is 0.620. The molecule has 1 atom stereocenters. The molecule has 0 aliphatic carbocycles. The van der Waals surface area contributed by atoms with Crippen LogP contribution < -0.4 is 16.4 Å². The second-order valence-electron chi connectivity index (χ2n) is 4.07. The van der Waals surface area contributed by atoms with Crippen LogP contribution in [0.15, 0.2) is 6.07 Å². The van der Waals surface area contributed by atoms with Crippen LogP contribution in [0.3, 0.4) is 0 Å². The van der Waals surface area contributed by atoms with E-state index in [2.05, 4.69) is 34.4 Å². The first-order chi connectivity index (χ1) is 8.19. The number of nitrogens with zero attached hydrogens (tertiary/aromatic N) is 2. The van der Waals surface area contributed by atoms with Crippen molar-refractivity contribution < 1.29 is 0 Å². The van der Waals surface area contributed by atoms with Gasteiger partial charge in [-0.25, -0.2) is 0 Å². The standard InChI is InChI=1S/C12H23N5/c1-4-7-9(5-2)15-11-8-10(14-6-3)16-12(13)17-11/h8-9H,4-7H2,1-3H3,(H4,13,14,15,16,17). The second-order valence-corrected chi connectivity index (χ2v) is 4.07. The average molecular weight is 237 g/mol. The molecule has 1 aromatic rings. The summed E-state index contributed by atoms with van der Waals surface area (Å²) in [6.07, 6.45) is 3.37. The van der Waals surface area contributed by atoms with Crippen LogP contribution in [0, 0.1) is 0 Å². The molecule has 5 nitrogen and oxygen atoms in total. The average Bonchev–Trinajstić information content (AvgIpc) is 2.28. The van der Waals surface area contributed by atoms with E-state index in [-0.39, 0.29) is 0 Å². The molecule has 1 heterocycles. The Morgan fingerprint density at radius 1 is 1.24 bits per heavy atom. The van der Waals surface area contributed by atoms with Crippen molar-refractivity contribution in [3.05, 3.63) is 6.07 Å². The molecule has 4 N–H and O–H groups in total. The van der Waals surface area contributed by atoms with Gasteiger partial charge in [0, 0.05) is 18.7 Å². The van der Waals surface area contributed by atoms with Gasteiger partial charge >= 0.3 is 0 Å². The molecule has 96 valence electrons. The molecule has 0 aliphatic heterocycles. The zero-order chi connectivity index (χ0) is 12.7. The summed E-state index contributed by atoms with van der Waals surface area (Å²) >= 11 is 0. The highest BCUT2D eigenvalue weighted by Crippen LogP contribution is 2.15. The van der Waals surface area contributed by atoms with Gasteiger partial charge in [0.15, 0.2) is 0 Å². The van der Waals surface area contributed by atoms with E-state index in [4.69, 9.17) is 5.73 Å². The van der Waals surface area contributed by atoms with Gasteiger partial charge in [0.25, 0.3) is 0 Å². The molecule has 0 radical (unpaired) electrons. The molecule has 0 spiro atoms. The molecule has 5 heteroatoms. The summed E-state index contributed by atoms with van der Waals surface area (Å²) in [5, 5.41) is 6.54. The molecule has 0 amide bonds. The Balaban J connectivity index is 2.75. The first-order valence-electron chi connectivity index (χ1n) is 6.34. The van der Waals surface area contributed by atoms with Crippen LogP contribution in [-0.2, 0) is 0 Å². The molecule has 0 saturated heterocycles. The highest BCUT2D eigenvalue weighted by atomic mass is 15.1. The van der Waals surface area contributed by atoms with Gasteiger partial charge in [0.1, 0.15) is 11.6 Å². The van der Waals surface area contributed by atoms with Gasteiger partial charge in [-0.1, -0.05) is 20.3 Å². The largest absolute Gasteiger partial charge is 0.370 e. The molecule has 1 unspecified atom stereocenters. The molecule has 1 aromatic heterocycles. The van der Waals surface area contributed by atoms with Crippen molar-refractivity contribution in [1.29, 1.82) is 0 Å². The van der Waals surface area contributed by atoms with Crippen molar-refractivity contribution >= 4 is 17.6 Å². The maximum absolute atomic E-state index is 5.68. The van der Waals surface area contributed by atoms with Gasteiger partial charge in [-0.2, -0.15) is 9.97 Å². The van der Waals surface area contributed by atoms with Gasteiger partial charge in [0.05, 0.1) is 0 Å². The fourth-order valence-corrected chi connectivity index (χ4v) is 1.75. The van der Waals surface area contributed by atoms with Crippen molar-refractivity contribution in [2.75, 3.05) is 22.9 Å². The normalized spacial score (nSPS) is 12.2. The summed E-state index contributed by atoms with van der Waals surface area (Å²) in [5.74, 6) is 1.87. The maximum atomic E-state index is 5.68. The van der Waals surface area contributed by atoms with Crippen LogP contribution in [0.2, 0.25) is 0 Å². The first kappa shape index (κ1) is 13.5. The van der Waals surface area contributed by atoms with Crippen LogP contribution in [0.5, 0.6) is 0 Å². The summed E-state index contributed by atoms with van der Waals surface area (Å²) in [5.41, 5.74) is 5.68. The van der Waals surface area contributed by atoms with Gasteiger partial charge < -0.3 is 16.4 Å². The van der Waals surface area contributed by atoms with E-state index in [1.165, 1.54) is 0 Å². The van der Waals surface area contributed by atoms with Crippen LogP contribution in [0.4, 0.5) is 17.6 Å². The van der Waals surface area contributed by atoms with Crippen molar-refractivity contribution in [2.45, 2.75) is 46.1 Å². The van der Waals surface area contributed by atoms with Crippen LogP contribution >= 0.6 is 0 Å². The molecule has 1 rings (SSSR count). The molecule has 0 aromatic carbocycles. The van der Waals surface area contributed by atoms with E-state index in [0.29, 0.717) is 12.0 Å². The minimum atomic E-state index is 0.303. The highest BCUT2D eigenvalue weighted by molar-refractivity contribution is 5.51. The molecule has 0 saturated carbocycles. The van der Waals surface area contributed by atoms with Gasteiger partial charge in [0.2, 0.25) is 5.95 Å². The van der Waals surface area contributed by atoms with E-state index in [1.807, 2.05) is 13.0 Å². The molecular weight excluding hydrogens is 214 g/mol. The summed E-state index contributed by atoms with van der Waals surface area (Å²) < 4.78 is 0. The summed E-state index contributed by atoms with van der Waals surface area (Å²) in [4.78, 5) is 8.32. The lowest BCUT2D eigenvalue weighted by atomic mass is 10.1. The number of rotatable bonds is 7. The fraction of sp³-hybridized carbons (Fsp3) is 0.667. The molecule has 0 bridgehead atoms. The minimum absolute atomic E-state index is 0.303. The fourth-order valence-electron chi connectivity index (χ4n) is 1.75. The van der Waals surface area contributed by atoms with E-state index < -0.39 is 0 Å². The van der Waals surface area contributed by atoms with Crippen LogP contribution in [0.25, 0.3) is 0 Å². The smallest absolute Gasteiger partial charge is 0.223 e. The first-order valence-corrected chi connectivity index (χ1v) is 6.34. The predicted molar refractivity (Wildman–Crippen MR) is 73.2 cm³/mol. The highest BCUT2D eigenvalue weighted by Gasteiger charge is 2.07. The van der Waals surface area contributed by atoms with Gasteiger partial charge in [-0.15, -0.1) is 0 Å². The summed E-state index contributed by atoms with van der Waals surface area (Å²) in [6.45, 7) is 7.20. The number of anilines is 3. The van der Waals surface area contributed by atoms with Crippen molar-refractivity contribution in [1.82, 2.24) is 9.97 Å². The molecule has 0 fully saturated rings. The lowest BCUT2D eigenvalue weighted by Crippen LogP contribution is -2.19. The van der Waals surface area contributed by atoms with Crippen molar-refractivity contribution in [2.24, 2.45) is 0 Å². The van der Waals surface area contributed by atoms with E-state index in [1.54, 1.807) is 0 Å². The quantitative estimate of drug-likeness (QED) is 0.679. The third-order valence-corrected chi connectivity index (χ3v) is 2.58. The number of nitrogens with two attached hydrogens (primary N) is 1. The van der Waals surface area contributed by atoms with Gasteiger partial charge in [-0.3, -0.25) is 0 Å². The Hall–Kier alpha value is -1.52. The second kappa shape index (κ2) is 6.93. The molecule has 0 aliphatic rings. The number of nitrogen functional groups attached to an aromatic ring is 1. The molecule has 17 heavy (non-hydrogen) atoms. The van der Waals surface area contributed by atoms with Crippen LogP contribution in [0.1, 0.15) is 40.0 Å². The lowest BCUT2D eigenvalue weighted by Gasteiger charge is -2.17. The Bertz CT molecular complexity index is 340. The Morgan fingerprint density at radius 2 is 1.94 bits per heavy atom. The molecular formula is C12H23N5. The Labute approximate surface area is 103 Å².